The highest BCUT2D eigenvalue weighted by Gasteiger charge is 2.28. The van der Waals surface area contributed by atoms with Crippen molar-refractivity contribution in [3.63, 3.8) is 0 Å². The third kappa shape index (κ3) is 5.64. The molecule has 0 unspecified atom stereocenters. The highest BCUT2D eigenvalue weighted by molar-refractivity contribution is 7.92. The van der Waals surface area contributed by atoms with E-state index in [1.807, 2.05) is 0 Å². The van der Waals surface area contributed by atoms with Gasteiger partial charge in [0.2, 0.25) is 0 Å². The summed E-state index contributed by atoms with van der Waals surface area (Å²) >= 11 is 12.1. The summed E-state index contributed by atoms with van der Waals surface area (Å²) in [7, 11) is -4.01. The van der Waals surface area contributed by atoms with Gasteiger partial charge in [-0.2, -0.15) is 5.10 Å². The van der Waals surface area contributed by atoms with E-state index in [0.29, 0.717) is 26.9 Å². The molecule has 1 N–H and O–H groups in total. The van der Waals surface area contributed by atoms with E-state index in [1.54, 1.807) is 67.6 Å². The molecule has 0 fully saturated rings. The number of amides is 1. The number of hydrogen-bond acceptors (Lipinski definition) is 4. The fourth-order valence-electron chi connectivity index (χ4n) is 2.84. The van der Waals surface area contributed by atoms with Crippen molar-refractivity contribution in [3.8, 4) is 0 Å². The molecule has 0 saturated heterocycles. The van der Waals surface area contributed by atoms with E-state index in [-0.39, 0.29) is 4.90 Å². The number of halogens is 2. The predicted octanol–water partition coefficient (Wildman–Crippen LogP) is 4.65. The summed E-state index contributed by atoms with van der Waals surface area (Å²) in [6.45, 7) is 1.25. The molecule has 31 heavy (non-hydrogen) atoms. The van der Waals surface area contributed by atoms with Crippen LogP contribution in [0, 0.1) is 6.92 Å². The molecule has 0 radical (unpaired) electrons. The minimum atomic E-state index is -4.01. The lowest BCUT2D eigenvalue weighted by molar-refractivity contribution is -0.119. The number of sulfonamides is 1. The zero-order valence-electron chi connectivity index (χ0n) is 16.5. The van der Waals surface area contributed by atoms with Crippen molar-refractivity contribution >= 4 is 51.0 Å². The van der Waals surface area contributed by atoms with Crippen LogP contribution in [0.1, 0.15) is 11.1 Å². The number of rotatable bonds is 7. The number of nitrogens with zero attached hydrogens (tertiary/aromatic N) is 2. The summed E-state index contributed by atoms with van der Waals surface area (Å²) in [4.78, 5) is 12.6. The molecule has 0 aliphatic rings. The van der Waals surface area contributed by atoms with Crippen LogP contribution in [0.4, 0.5) is 5.69 Å². The maximum atomic E-state index is 13.3. The van der Waals surface area contributed by atoms with Gasteiger partial charge in [0, 0.05) is 15.6 Å². The number of hydrogen-bond donors (Lipinski definition) is 1. The smallest absolute Gasteiger partial charge is 0.264 e. The molecule has 0 atom stereocenters. The van der Waals surface area contributed by atoms with Gasteiger partial charge in [-0.1, -0.05) is 59.6 Å². The average molecular weight is 476 g/mol. The molecule has 3 aromatic carbocycles. The number of aryl methyl sites for hydroxylation is 1. The van der Waals surface area contributed by atoms with Crippen molar-refractivity contribution in [2.75, 3.05) is 10.8 Å². The Morgan fingerprint density at radius 1 is 1.03 bits per heavy atom. The first-order valence-electron chi connectivity index (χ1n) is 9.19. The molecule has 9 heteroatoms. The lowest BCUT2D eigenvalue weighted by Crippen LogP contribution is -2.40. The van der Waals surface area contributed by atoms with E-state index in [2.05, 4.69) is 10.5 Å². The van der Waals surface area contributed by atoms with Gasteiger partial charge in [-0.15, -0.1) is 0 Å². The Hall–Kier alpha value is -2.87. The second-order valence-electron chi connectivity index (χ2n) is 6.57. The summed E-state index contributed by atoms with van der Waals surface area (Å²) in [6.07, 6.45) is 1.39. The maximum absolute atomic E-state index is 13.3. The molecule has 160 valence electrons. The second kappa shape index (κ2) is 9.96. The number of nitrogens with one attached hydrogen (secondary N) is 1. The fourth-order valence-corrected chi connectivity index (χ4v) is 4.76. The minimum Gasteiger partial charge on any atom is -0.271 e. The van der Waals surface area contributed by atoms with Crippen LogP contribution in [0.25, 0.3) is 0 Å². The topological polar surface area (TPSA) is 78.8 Å². The number of benzene rings is 3. The van der Waals surface area contributed by atoms with Crippen LogP contribution < -0.4 is 9.73 Å². The molecule has 0 bridgehead atoms. The summed E-state index contributed by atoms with van der Waals surface area (Å²) in [5.41, 5.74) is 3.93. The zero-order valence-corrected chi connectivity index (χ0v) is 18.8. The van der Waals surface area contributed by atoms with Gasteiger partial charge in [-0.3, -0.25) is 9.10 Å². The Bertz CT molecular complexity index is 1220. The van der Waals surface area contributed by atoms with Crippen molar-refractivity contribution in [2.45, 2.75) is 11.8 Å². The van der Waals surface area contributed by atoms with Gasteiger partial charge in [0.1, 0.15) is 6.54 Å². The second-order valence-corrected chi connectivity index (χ2v) is 9.28. The van der Waals surface area contributed by atoms with E-state index in [1.165, 1.54) is 18.3 Å². The van der Waals surface area contributed by atoms with E-state index in [9.17, 15) is 13.2 Å². The quantitative estimate of drug-likeness (QED) is 0.399. The van der Waals surface area contributed by atoms with Crippen LogP contribution in [-0.4, -0.2) is 27.1 Å². The Balaban J connectivity index is 1.88. The van der Waals surface area contributed by atoms with E-state index in [4.69, 9.17) is 23.2 Å². The molecule has 3 aromatic rings. The minimum absolute atomic E-state index is 0.0664. The summed E-state index contributed by atoms with van der Waals surface area (Å²) in [5, 5.41) is 4.83. The molecule has 0 saturated carbocycles. The van der Waals surface area contributed by atoms with Crippen LogP contribution in [0.15, 0.2) is 82.8 Å². The molecular weight excluding hydrogens is 457 g/mol. The Morgan fingerprint density at radius 3 is 2.39 bits per heavy atom. The van der Waals surface area contributed by atoms with Gasteiger partial charge < -0.3 is 0 Å². The molecule has 6 nitrogen and oxygen atoms in total. The first-order chi connectivity index (χ1) is 14.8. The molecule has 0 aromatic heterocycles. The molecular formula is C22H19Cl2N3O3S. The van der Waals surface area contributed by atoms with E-state index >= 15 is 0 Å². The average Bonchev–Trinajstić information content (AvgIpc) is 2.74. The van der Waals surface area contributed by atoms with Gasteiger partial charge in [-0.25, -0.2) is 13.8 Å². The Kier molecular flexibility index (Phi) is 7.33. The van der Waals surface area contributed by atoms with Crippen molar-refractivity contribution in [1.29, 1.82) is 0 Å². The third-order valence-corrected chi connectivity index (χ3v) is 6.70. The highest BCUT2D eigenvalue weighted by Crippen LogP contribution is 2.28. The third-order valence-electron chi connectivity index (χ3n) is 4.34. The van der Waals surface area contributed by atoms with E-state index < -0.39 is 22.5 Å². The van der Waals surface area contributed by atoms with E-state index in [0.717, 1.165) is 4.31 Å². The number of carbonyl (C=O) groups is 1. The Labute approximate surface area is 191 Å². The molecule has 1 amide bonds. The summed E-state index contributed by atoms with van der Waals surface area (Å²) < 4.78 is 27.6. The molecule has 3 rings (SSSR count). The SMILES string of the molecule is Cc1cc(Cl)ccc1N(CC(=O)N/N=C\c1ccccc1Cl)S(=O)(=O)c1ccccc1. The van der Waals surface area contributed by atoms with Gasteiger partial charge in [-0.05, 0) is 48.9 Å². The highest BCUT2D eigenvalue weighted by atomic mass is 35.5. The zero-order chi connectivity index (χ0) is 22.4. The van der Waals surface area contributed by atoms with Crippen LogP contribution in [-0.2, 0) is 14.8 Å². The van der Waals surface area contributed by atoms with Crippen molar-refractivity contribution in [1.82, 2.24) is 5.43 Å². The largest absolute Gasteiger partial charge is 0.271 e. The van der Waals surface area contributed by atoms with Crippen molar-refractivity contribution in [2.24, 2.45) is 5.10 Å². The van der Waals surface area contributed by atoms with Crippen LogP contribution in [0.5, 0.6) is 0 Å². The van der Waals surface area contributed by atoms with Crippen molar-refractivity contribution in [3.05, 3.63) is 94.0 Å². The molecule has 0 aliphatic carbocycles. The predicted molar refractivity (Wildman–Crippen MR) is 124 cm³/mol. The van der Waals surface area contributed by atoms with Crippen molar-refractivity contribution < 1.29 is 13.2 Å². The lowest BCUT2D eigenvalue weighted by atomic mass is 10.2. The standard InChI is InChI=1S/C22H19Cl2N3O3S/c1-16-13-18(23)11-12-21(16)27(31(29,30)19-8-3-2-4-9-19)15-22(28)26-25-14-17-7-5-6-10-20(17)24/h2-14H,15H2,1H3,(H,26,28)/b25-14-. The van der Waals surface area contributed by atoms with Gasteiger partial charge in [0.25, 0.3) is 15.9 Å². The van der Waals surface area contributed by atoms with Crippen LogP contribution >= 0.6 is 23.2 Å². The lowest BCUT2D eigenvalue weighted by Gasteiger charge is -2.25. The van der Waals surface area contributed by atoms with Crippen LogP contribution in [0.3, 0.4) is 0 Å². The first kappa shape index (κ1) is 22.8. The maximum Gasteiger partial charge on any atom is 0.264 e. The number of hydrazone groups is 1. The van der Waals surface area contributed by atoms with Crippen LogP contribution in [0.2, 0.25) is 10.0 Å². The first-order valence-corrected chi connectivity index (χ1v) is 11.4. The number of anilines is 1. The number of carbonyl (C=O) groups excluding carboxylic acids is 1. The van der Waals surface area contributed by atoms with Gasteiger partial charge >= 0.3 is 0 Å². The fraction of sp³-hybridized carbons (Fsp3) is 0.0909. The Morgan fingerprint density at radius 2 is 1.71 bits per heavy atom. The molecule has 0 aliphatic heterocycles. The van der Waals surface area contributed by atoms with Gasteiger partial charge in [0.05, 0.1) is 16.8 Å². The normalized spacial score (nSPS) is 11.5. The monoisotopic (exact) mass is 475 g/mol. The summed E-state index contributed by atoms with van der Waals surface area (Å²) in [6, 6.07) is 19.7. The summed E-state index contributed by atoms with van der Waals surface area (Å²) in [5.74, 6) is -0.614. The molecule has 0 heterocycles. The molecule has 0 spiro atoms. The van der Waals surface area contributed by atoms with Gasteiger partial charge in [0.15, 0.2) is 0 Å².